The number of hydrogen-bond acceptors (Lipinski definition) is 6. The van der Waals surface area contributed by atoms with Crippen LogP contribution in [0.4, 0.5) is 10.8 Å². The van der Waals surface area contributed by atoms with Gasteiger partial charge in [0.25, 0.3) is 5.91 Å². The molecule has 9 heteroatoms. The van der Waals surface area contributed by atoms with Gasteiger partial charge in [0.15, 0.2) is 5.13 Å². The van der Waals surface area contributed by atoms with Crippen molar-refractivity contribution in [3.05, 3.63) is 46.3 Å². The Labute approximate surface area is 141 Å². The quantitative estimate of drug-likeness (QED) is 0.564. The zero-order chi connectivity index (χ0) is 17.3. The zero-order valence-corrected chi connectivity index (χ0v) is 13.9. The summed E-state index contributed by atoms with van der Waals surface area (Å²) >= 11 is 1.39. The Morgan fingerprint density at radius 3 is 2.96 bits per heavy atom. The van der Waals surface area contributed by atoms with Crippen LogP contribution in [-0.4, -0.2) is 25.6 Å². The Balaban J connectivity index is 1.81. The second-order valence-corrected chi connectivity index (χ2v) is 6.37. The number of nitrogens with zero attached hydrogens (tertiary/aromatic N) is 4. The molecule has 0 fully saturated rings. The Hall–Kier alpha value is -2.81. The largest absolute Gasteiger partial charge is 0.307 e. The van der Waals surface area contributed by atoms with Crippen LogP contribution in [0.25, 0.3) is 10.2 Å². The molecule has 0 saturated carbocycles. The van der Waals surface area contributed by atoms with Crippen molar-refractivity contribution in [2.24, 2.45) is 0 Å². The highest BCUT2D eigenvalue weighted by Crippen LogP contribution is 2.27. The highest BCUT2D eigenvalue weighted by Gasteiger charge is 2.23. The van der Waals surface area contributed by atoms with Crippen LogP contribution in [0.15, 0.2) is 30.6 Å². The van der Waals surface area contributed by atoms with Gasteiger partial charge in [0, 0.05) is 0 Å². The lowest BCUT2D eigenvalue weighted by atomic mass is 10.2. The van der Waals surface area contributed by atoms with Gasteiger partial charge in [-0.1, -0.05) is 24.3 Å². The van der Waals surface area contributed by atoms with Crippen molar-refractivity contribution in [2.75, 3.05) is 5.32 Å². The van der Waals surface area contributed by atoms with E-state index in [1.165, 1.54) is 22.2 Å². The smallest absolute Gasteiger partial charge is 0.300 e. The van der Waals surface area contributed by atoms with E-state index in [0.29, 0.717) is 11.6 Å². The minimum Gasteiger partial charge on any atom is -0.300 e. The van der Waals surface area contributed by atoms with Crippen molar-refractivity contribution in [3.8, 4) is 0 Å². The van der Waals surface area contributed by atoms with Gasteiger partial charge in [-0.05, 0) is 31.0 Å². The number of rotatable bonds is 5. The molecule has 2 heterocycles. The third kappa shape index (κ3) is 3.11. The van der Waals surface area contributed by atoms with Crippen LogP contribution >= 0.6 is 11.3 Å². The van der Waals surface area contributed by atoms with Crippen molar-refractivity contribution in [1.29, 1.82) is 0 Å². The third-order valence-corrected chi connectivity index (χ3v) is 4.52. The summed E-state index contributed by atoms with van der Waals surface area (Å²) in [6, 6.07) is 5.25. The van der Waals surface area contributed by atoms with Crippen LogP contribution in [0, 0.1) is 17.0 Å². The summed E-state index contributed by atoms with van der Waals surface area (Å²) in [5, 5.41) is 18.0. The standard InChI is InChI=1S/C15H15N5O3S/c1-3-12(19-8-10(7-16-19)20(22)23)14(21)18-15-17-11-5-4-9(2)6-13(11)24-15/h4-8,12H,3H2,1-2H3,(H,17,18,21). The summed E-state index contributed by atoms with van der Waals surface area (Å²) in [7, 11) is 0. The molecule has 0 radical (unpaired) electrons. The Morgan fingerprint density at radius 1 is 1.50 bits per heavy atom. The maximum absolute atomic E-state index is 12.5. The normalized spacial score (nSPS) is 12.2. The molecule has 3 rings (SSSR count). The molecular weight excluding hydrogens is 330 g/mol. The third-order valence-electron chi connectivity index (χ3n) is 3.58. The van der Waals surface area contributed by atoms with Gasteiger partial charge in [0.2, 0.25) is 0 Å². The molecule has 2 aromatic heterocycles. The minimum absolute atomic E-state index is 0.142. The topological polar surface area (TPSA) is 103 Å². The number of aryl methyl sites for hydroxylation is 1. The molecule has 1 unspecified atom stereocenters. The summed E-state index contributed by atoms with van der Waals surface area (Å²) in [5.41, 5.74) is 1.81. The number of fused-ring (bicyclic) bond motifs is 1. The van der Waals surface area contributed by atoms with Crippen molar-refractivity contribution in [2.45, 2.75) is 26.3 Å². The average Bonchev–Trinajstić information content (AvgIpc) is 3.14. The van der Waals surface area contributed by atoms with Crippen LogP contribution in [-0.2, 0) is 4.79 Å². The first-order valence-corrected chi connectivity index (χ1v) is 8.16. The SMILES string of the molecule is CCC(C(=O)Nc1nc2ccc(C)cc2s1)n1cc([N+](=O)[O-])cn1. The first-order valence-electron chi connectivity index (χ1n) is 7.34. The first kappa shape index (κ1) is 16.1. The van der Waals surface area contributed by atoms with Crippen LogP contribution in [0.3, 0.4) is 0 Å². The van der Waals surface area contributed by atoms with Gasteiger partial charge < -0.3 is 5.32 Å². The lowest BCUT2D eigenvalue weighted by Gasteiger charge is -2.13. The molecule has 0 spiro atoms. The number of benzene rings is 1. The maximum atomic E-state index is 12.5. The molecule has 0 aliphatic heterocycles. The first-order chi connectivity index (χ1) is 11.5. The van der Waals surface area contributed by atoms with Crippen molar-refractivity contribution < 1.29 is 9.72 Å². The van der Waals surface area contributed by atoms with Crippen LogP contribution in [0.5, 0.6) is 0 Å². The predicted octanol–water partition coefficient (Wildman–Crippen LogP) is 3.30. The molecule has 1 atom stereocenters. The Kier molecular flexibility index (Phi) is 4.26. The van der Waals surface area contributed by atoms with Gasteiger partial charge in [-0.3, -0.25) is 19.6 Å². The Bertz CT molecular complexity index is 917. The summed E-state index contributed by atoms with van der Waals surface area (Å²) in [5.74, 6) is -0.300. The fourth-order valence-electron chi connectivity index (χ4n) is 2.36. The van der Waals surface area contributed by atoms with E-state index >= 15 is 0 Å². The van der Waals surface area contributed by atoms with E-state index in [2.05, 4.69) is 15.4 Å². The van der Waals surface area contributed by atoms with Gasteiger partial charge in [-0.15, -0.1) is 0 Å². The number of carbonyl (C=O) groups is 1. The van der Waals surface area contributed by atoms with E-state index in [0.717, 1.165) is 22.0 Å². The summed E-state index contributed by atoms with van der Waals surface area (Å²) < 4.78 is 2.30. The predicted molar refractivity (Wildman–Crippen MR) is 91.2 cm³/mol. The van der Waals surface area contributed by atoms with E-state index in [9.17, 15) is 14.9 Å². The van der Waals surface area contributed by atoms with E-state index < -0.39 is 11.0 Å². The minimum atomic E-state index is -0.632. The number of thiazole rings is 1. The molecule has 8 nitrogen and oxygen atoms in total. The Morgan fingerprint density at radius 2 is 2.29 bits per heavy atom. The fraction of sp³-hybridized carbons (Fsp3) is 0.267. The molecule has 0 aliphatic carbocycles. The van der Waals surface area contributed by atoms with Gasteiger partial charge in [-0.2, -0.15) is 5.10 Å². The molecule has 1 amide bonds. The monoisotopic (exact) mass is 345 g/mol. The summed E-state index contributed by atoms with van der Waals surface area (Å²) in [6.45, 7) is 3.81. The van der Waals surface area contributed by atoms with E-state index in [4.69, 9.17) is 0 Å². The molecule has 0 saturated heterocycles. The van der Waals surface area contributed by atoms with Gasteiger partial charge in [0.1, 0.15) is 18.4 Å². The fourth-order valence-corrected chi connectivity index (χ4v) is 3.33. The van der Waals surface area contributed by atoms with E-state index in [1.54, 1.807) is 0 Å². The lowest BCUT2D eigenvalue weighted by molar-refractivity contribution is -0.385. The van der Waals surface area contributed by atoms with Crippen molar-refractivity contribution >= 4 is 38.3 Å². The summed E-state index contributed by atoms with van der Waals surface area (Å²) in [4.78, 5) is 27.1. The number of aromatic nitrogens is 3. The summed E-state index contributed by atoms with van der Waals surface area (Å²) in [6.07, 6.45) is 2.85. The molecule has 24 heavy (non-hydrogen) atoms. The van der Waals surface area contributed by atoms with Gasteiger partial charge in [0.05, 0.1) is 15.1 Å². The second-order valence-electron chi connectivity index (χ2n) is 5.34. The highest BCUT2D eigenvalue weighted by atomic mass is 32.1. The van der Waals surface area contributed by atoms with E-state index in [1.807, 2.05) is 32.0 Å². The van der Waals surface area contributed by atoms with Crippen molar-refractivity contribution in [3.63, 3.8) is 0 Å². The number of amides is 1. The number of carbonyl (C=O) groups excluding carboxylic acids is 1. The molecule has 1 N–H and O–H groups in total. The lowest BCUT2D eigenvalue weighted by Crippen LogP contribution is -2.25. The van der Waals surface area contributed by atoms with Crippen LogP contribution in [0.2, 0.25) is 0 Å². The molecule has 0 bridgehead atoms. The number of hydrogen-bond donors (Lipinski definition) is 1. The van der Waals surface area contributed by atoms with Crippen LogP contribution in [0.1, 0.15) is 24.9 Å². The highest BCUT2D eigenvalue weighted by molar-refractivity contribution is 7.22. The second kappa shape index (κ2) is 6.36. The molecule has 124 valence electrons. The van der Waals surface area contributed by atoms with Gasteiger partial charge >= 0.3 is 5.69 Å². The van der Waals surface area contributed by atoms with Gasteiger partial charge in [-0.25, -0.2) is 4.98 Å². The number of anilines is 1. The molecule has 0 aliphatic rings. The average molecular weight is 345 g/mol. The molecular formula is C15H15N5O3S. The number of nitrogens with one attached hydrogen (secondary N) is 1. The van der Waals surface area contributed by atoms with E-state index in [-0.39, 0.29) is 11.6 Å². The van der Waals surface area contributed by atoms with Crippen molar-refractivity contribution in [1.82, 2.24) is 14.8 Å². The maximum Gasteiger partial charge on any atom is 0.307 e. The molecule has 3 aromatic rings. The zero-order valence-electron chi connectivity index (χ0n) is 13.1. The number of nitro groups is 1. The van der Waals surface area contributed by atoms with Crippen LogP contribution < -0.4 is 5.32 Å². The molecule has 1 aromatic carbocycles.